The number of hydrogen-bond acceptors (Lipinski definition) is 3. The SMILES string of the molecule is CC(=O)N1CC2=C(C1=O)C(c1ccc(Cl)cc1)c1cn(CC(C)C)c3cccc(c13)N2. The number of aromatic nitrogens is 1. The van der Waals surface area contributed by atoms with Crippen LogP contribution in [0.1, 0.15) is 37.8 Å². The summed E-state index contributed by atoms with van der Waals surface area (Å²) in [6, 6.07) is 13.9. The van der Waals surface area contributed by atoms with Gasteiger partial charge < -0.3 is 9.88 Å². The smallest absolute Gasteiger partial charge is 0.259 e. The van der Waals surface area contributed by atoms with Crippen LogP contribution in [0.5, 0.6) is 0 Å². The number of hydrogen-bond donors (Lipinski definition) is 1. The summed E-state index contributed by atoms with van der Waals surface area (Å²) in [5.74, 6) is -0.276. The molecule has 2 aliphatic rings. The van der Waals surface area contributed by atoms with Crippen molar-refractivity contribution < 1.29 is 9.59 Å². The maximum atomic E-state index is 13.4. The summed E-state index contributed by atoms with van der Waals surface area (Å²) in [6.07, 6.45) is 2.18. The molecule has 5 nitrogen and oxygen atoms in total. The average Bonchev–Trinajstić information content (AvgIpc) is 3.18. The van der Waals surface area contributed by atoms with Gasteiger partial charge in [0.15, 0.2) is 0 Å². The third-order valence-electron chi connectivity index (χ3n) is 6.08. The van der Waals surface area contributed by atoms with Gasteiger partial charge in [-0.2, -0.15) is 0 Å². The average molecular weight is 434 g/mol. The second-order valence-electron chi connectivity index (χ2n) is 8.74. The summed E-state index contributed by atoms with van der Waals surface area (Å²) in [4.78, 5) is 26.9. The van der Waals surface area contributed by atoms with Gasteiger partial charge in [0.25, 0.3) is 5.91 Å². The molecule has 5 rings (SSSR count). The molecule has 0 radical (unpaired) electrons. The Balaban J connectivity index is 1.79. The van der Waals surface area contributed by atoms with E-state index < -0.39 is 0 Å². The first-order valence-corrected chi connectivity index (χ1v) is 10.9. The van der Waals surface area contributed by atoms with Gasteiger partial charge in [-0.1, -0.05) is 43.6 Å². The first-order valence-electron chi connectivity index (χ1n) is 10.5. The fraction of sp³-hybridized carbons (Fsp3) is 0.280. The first kappa shape index (κ1) is 19.9. The highest BCUT2D eigenvalue weighted by Crippen LogP contribution is 2.46. The fourth-order valence-electron chi connectivity index (χ4n) is 4.82. The van der Waals surface area contributed by atoms with Crippen molar-refractivity contribution in [2.75, 3.05) is 11.9 Å². The van der Waals surface area contributed by atoms with Crippen LogP contribution < -0.4 is 5.32 Å². The molecule has 1 unspecified atom stereocenters. The Kier molecular flexibility index (Phi) is 4.67. The number of carbonyl (C=O) groups excluding carboxylic acids is 2. The number of amides is 2. The molecule has 0 saturated heterocycles. The summed E-state index contributed by atoms with van der Waals surface area (Å²) in [5, 5.41) is 5.28. The quantitative estimate of drug-likeness (QED) is 0.621. The molecule has 2 amide bonds. The highest BCUT2D eigenvalue weighted by Gasteiger charge is 2.41. The number of anilines is 1. The van der Waals surface area contributed by atoms with Crippen molar-refractivity contribution in [2.24, 2.45) is 5.92 Å². The third-order valence-corrected chi connectivity index (χ3v) is 6.33. The van der Waals surface area contributed by atoms with E-state index >= 15 is 0 Å². The minimum absolute atomic E-state index is 0.229. The van der Waals surface area contributed by atoms with Crippen LogP contribution in [0.4, 0.5) is 5.69 Å². The summed E-state index contributed by atoms with van der Waals surface area (Å²) in [7, 11) is 0. The van der Waals surface area contributed by atoms with E-state index in [4.69, 9.17) is 11.6 Å². The Bertz CT molecular complexity index is 1250. The molecule has 158 valence electrons. The summed E-state index contributed by atoms with van der Waals surface area (Å²) < 4.78 is 2.27. The molecular weight excluding hydrogens is 410 g/mol. The zero-order valence-corrected chi connectivity index (χ0v) is 18.5. The Labute approximate surface area is 186 Å². The van der Waals surface area contributed by atoms with Crippen molar-refractivity contribution in [3.8, 4) is 0 Å². The monoisotopic (exact) mass is 433 g/mol. The minimum Gasteiger partial charge on any atom is -0.356 e. The van der Waals surface area contributed by atoms with E-state index in [2.05, 4.69) is 36.0 Å². The standard InChI is InChI=1S/C25H24ClN3O2/c1-14(2)11-28-12-18-22(16-7-9-17(26)10-8-16)24-20(13-29(15(3)30)25(24)31)27-19-5-4-6-21(28)23(18)19/h4-10,12,14,22,27H,11,13H2,1-3H3. The Morgan fingerprint density at radius 2 is 1.94 bits per heavy atom. The van der Waals surface area contributed by atoms with Crippen LogP contribution in [0.2, 0.25) is 5.02 Å². The van der Waals surface area contributed by atoms with E-state index in [1.165, 1.54) is 11.8 Å². The second-order valence-corrected chi connectivity index (χ2v) is 9.18. The molecule has 1 N–H and O–H groups in total. The Morgan fingerprint density at radius 3 is 2.61 bits per heavy atom. The van der Waals surface area contributed by atoms with Crippen molar-refractivity contribution in [3.05, 3.63) is 76.1 Å². The number of imide groups is 1. The molecule has 2 aromatic carbocycles. The van der Waals surface area contributed by atoms with E-state index in [0.717, 1.165) is 40.0 Å². The van der Waals surface area contributed by atoms with E-state index in [1.54, 1.807) is 0 Å². The lowest BCUT2D eigenvalue weighted by Gasteiger charge is -2.19. The van der Waals surface area contributed by atoms with Gasteiger partial charge in [0, 0.05) is 47.4 Å². The number of benzene rings is 2. The predicted molar refractivity (Wildman–Crippen MR) is 123 cm³/mol. The zero-order chi connectivity index (χ0) is 21.9. The largest absolute Gasteiger partial charge is 0.356 e. The van der Waals surface area contributed by atoms with Crippen LogP contribution in [0.3, 0.4) is 0 Å². The highest BCUT2D eigenvalue weighted by molar-refractivity contribution is 6.30. The molecule has 1 atom stereocenters. The lowest BCUT2D eigenvalue weighted by atomic mass is 9.84. The van der Waals surface area contributed by atoms with Crippen LogP contribution in [0.15, 0.2) is 59.9 Å². The molecule has 3 aromatic rings. The van der Waals surface area contributed by atoms with Crippen LogP contribution in [-0.2, 0) is 16.1 Å². The molecule has 6 heteroatoms. The predicted octanol–water partition coefficient (Wildman–Crippen LogP) is 5.15. The number of carbonyl (C=O) groups is 2. The number of nitrogens with zero attached hydrogens (tertiary/aromatic N) is 2. The van der Waals surface area contributed by atoms with Gasteiger partial charge in [-0.25, -0.2) is 0 Å². The van der Waals surface area contributed by atoms with Gasteiger partial charge in [-0.05, 0) is 41.3 Å². The van der Waals surface area contributed by atoms with Gasteiger partial charge >= 0.3 is 0 Å². The molecule has 1 aromatic heterocycles. The third kappa shape index (κ3) is 3.15. The van der Waals surface area contributed by atoms with Gasteiger partial charge in [-0.3, -0.25) is 14.5 Å². The van der Waals surface area contributed by atoms with E-state index in [-0.39, 0.29) is 24.3 Å². The number of nitrogens with one attached hydrogen (secondary N) is 1. The summed E-state index contributed by atoms with van der Waals surface area (Å²) >= 11 is 6.16. The lowest BCUT2D eigenvalue weighted by Crippen LogP contribution is -2.33. The van der Waals surface area contributed by atoms with Crippen LogP contribution in [0, 0.1) is 5.92 Å². The molecule has 2 aliphatic heterocycles. The maximum Gasteiger partial charge on any atom is 0.259 e. The van der Waals surface area contributed by atoms with Crippen molar-refractivity contribution in [1.82, 2.24) is 9.47 Å². The van der Waals surface area contributed by atoms with Crippen molar-refractivity contribution >= 4 is 40.0 Å². The minimum atomic E-state index is -0.281. The van der Waals surface area contributed by atoms with Crippen LogP contribution in [-0.4, -0.2) is 27.8 Å². The van der Waals surface area contributed by atoms with Crippen LogP contribution >= 0.6 is 11.6 Å². The van der Waals surface area contributed by atoms with Crippen LogP contribution in [0.25, 0.3) is 10.9 Å². The van der Waals surface area contributed by atoms with Crippen molar-refractivity contribution in [1.29, 1.82) is 0 Å². The molecule has 0 saturated carbocycles. The van der Waals surface area contributed by atoms with Gasteiger partial charge in [0.05, 0.1) is 17.6 Å². The van der Waals surface area contributed by atoms with E-state index in [0.29, 0.717) is 16.5 Å². The van der Waals surface area contributed by atoms with Crippen molar-refractivity contribution in [2.45, 2.75) is 33.2 Å². The molecule has 0 aliphatic carbocycles. The molecule has 0 bridgehead atoms. The highest BCUT2D eigenvalue weighted by atomic mass is 35.5. The fourth-order valence-corrected chi connectivity index (χ4v) is 4.95. The Morgan fingerprint density at radius 1 is 1.19 bits per heavy atom. The molecule has 0 spiro atoms. The first-order chi connectivity index (χ1) is 14.8. The lowest BCUT2D eigenvalue weighted by molar-refractivity contribution is -0.139. The Hall–Kier alpha value is -3.05. The molecular formula is C25H24ClN3O2. The molecule has 0 fully saturated rings. The van der Waals surface area contributed by atoms with E-state index in [9.17, 15) is 9.59 Å². The van der Waals surface area contributed by atoms with Crippen molar-refractivity contribution in [3.63, 3.8) is 0 Å². The summed E-state index contributed by atoms with van der Waals surface area (Å²) in [5.41, 5.74) is 5.60. The topological polar surface area (TPSA) is 54.3 Å². The van der Waals surface area contributed by atoms with Gasteiger partial charge in [0.2, 0.25) is 5.91 Å². The second kappa shape index (κ2) is 7.27. The van der Waals surface area contributed by atoms with E-state index in [1.807, 2.05) is 36.4 Å². The summed E-state index contributed by atoms with van der Waals surface area (Å²) in [6.45, 7) is 6.98. The normalized spacial score (nSPS) is 17.9. The number of halogens is 1. The molecule has 31 heavy (non-hydrogen) atoms. The number of rotatable bonds is 3. The van der Waals surface area contributed by atoms with Gasteiger partial charge in [0.1, 0.15) is 0 Å². The zero-order valence-electron chi connectivity index (χ0n) is 17.8. The van der Waals surface area contributed by atoms with Gasteiger partial charge in [-0.15, -0.1) is 0 Å². The molecule has 3 heterocycles. The maximum absolute atomic E-state index is 13.4.